The van der Waals surface area contributed by atoms with Crippen LogP contribution in [0.4, 0.5) is 5.69 Å². The Morgan fingerprint density at radius 3 is 2.32 bits per heavy atom. The third-order valence-electron chi connectivity index (χ3n) is 5.47. The Morgan fingerprint density at radius 1 is 1.00 bits per heavy atom. The zero-order valence-electron chi connectivity index (χ0n) is 19.0. The van der Waals surface area contributed by atoms with E-state index in [1.54, 1.807) is 0 Å². The Morgan fingerprint density at radius 2 is 1.65 bits per heavy atom. The molecule has 0 aliphatic heterocycles. The largest absolute Gasteiger partial charge is 0.375 e. The van der Waals surface area contributed by atoms with Crippen LogP contribution in [0.5, 0.6) is 0 Å². The molecule has 6 nitrogen and oxygen atoms in total. The predicted molar refractivity (Wildman–Crippen MR) is 127 cm³/mol. The van der Waals surface area contributed by atoms with Gasteiger partial charge in [-0.25, -0.2) is 4.68 Å². The van der Waals surface area contributed by atoms with Gasteiger partial charge in [-0.15, -0.1) is 0 Å². The lowest BCUT2D eigenvalue weighted by Crippen LogP contribution is -2.36. The zero-order valence-corrected chi connectivity index (χ0v) is 19.0. The third-order valence-corrected chi connectivity index (χ3v) is 5.47. The van der Waals surface area contributed by atoms with Crippen molar-refractivity contribution in [1.29, 1.82) is 0 Å². The van der Waals surface area contributed by atoms with Gasteiger partial charge in [-0.1, -0.05) is 36.4 Å². The molecule has 3 aromatic rings. The quantitative estimate of drug-likeness (QED) is 0.511. The van der Waals surface area contributed by atoms with E-state index in [0.29, 0.717) is 19.6 Å². The molecule has 1 N–H and O–H groups in total. The molecule has 164 valence electrons. The molecule has 3 rings (SSSR count). The van der Waals surface area contributed by atoms with Crippen molar-refractivity contribution in [1.82, 2.24) is 20.0 Å². The summed E-state index contributed by atoms with van der Waals surface area (Å²) in [5.74, 6) is 0.0515. The Hall–Kier alpha value is -3.12. The van der Waals surface area contributed by atoms with E-state index >= 15 is 0 Å². The molecular formula is C25H33N5O. The van der Waals surface area contributed by atoms with Crippen LogP contribution in [0.2, 0.25) is 0 Å². The molecule has 0 aliphatic rings. The molecule has 1 heterocycles. The number of anilines is 1. The van der Waals surface area contributed by atoms with Crippen molar-refractivity contribution in [2.75, 3.05) is 38.6 Å². The highest BCUT2D eigenvalue weighted by Gasteiger charge is 2.15. The van der Waals surface area contributed by atoms with Crippen molar-refractivity contribution in [3.8, 4) is 5.69 Å². The molecule has 2 aromatic carbocycles. The van der Waals surface area contributed by atoms with Gasteiger partial charge in [0.15, 0.2) is 0 Å². The van der Waals surface area contributed by atoms with Crippen LogP contribution in [0.25, 0.3) is 5.69 Å². The first-order chi connectivity index (χ1) is 15.0. The monoisotopic (exact) mass is 419 g/mol. The highest BCUT2D eigenvalue weighted by molar-refractivity contribution is 5.77. The lowest BCUT2D eigenvalue weighted by Gasteiger charge is -2.20. The van der Waals surface area contributed by atoms with Gasteiger partial charge in [0.2, 0.25) is 5.91 Å². The van der Waals surface area contributed by atoms with Gasteiger partial charge in [0.25, 0.3) is 0 Å². The van der Waals surface area contributed by atoms with Gasteiger partial charge in [0, 0.05) is 43.6 Å². The summed E-state index contributed by atoms with van der Waals surface area (Å²) in [6, 6.07) is 20.4. The summed E-state index contributed by atoms with van der Waals surface area (Å²) in [5.41, 5.74) is 5.52. The Labute approximate surface area is 185 Å². The first-order valence-electron chi connectivity index (χ1n) is 10.8. The van der Waals surface area contributed by atoms with Crippen molar-refractivity contribution in [2.24, 2.45) is 0 Å². The molecule has 0 saturated heterocycles. The van der Waals surface area contributed by atoms with Crippen LogP contribution in [0.15, 0.2) is 60.7 Å². The van der Waals surface area contributed by atoms with Gasteiger partial charge in [0.05, 0.1) is 17.9 Å². The average molecular weight is 420 g/mol. The van der Waals surface area contributed by atoms with Gasteiger partial charge < -0.3 is 10.2 Å². The van der Waals surface area contributed by atoms with E-state index in [2.05, 4.69) is 48.5 Å². The number of aryl methyl sites for hydroxylation is 1. The maximum atomic E-state index is 12.4. The van der Waals surface area contributed by atoms with Crippen LogP contribution in [0.1, 0.15) is 23.4 Å². The van der Waals surface area contributed by atoms with Gasteiger partial charge >= 0.3 is 0 Å². The van der Waals surface area contributed by atoms with Crippen LogP contribution in [-0.2, 0) is 11.3 Å². The van der Waals surface area contributed by atoms with Crippen molar-refractivity contribution < 1.29 is 4.79 Å². The number of hydrogen-bond acceptors (Lipinski definition) is 4. The second-order valence-corrected chi connectivity index (χ2v) is 8.03. The van der Waals surface area contributed by atoms with Crippen LogP contribution < -0.4 is 10.2 Å². The Kier molecular flexibility index (Phi) is 7.84. The number of para-hydroxylation sites is 2. The summed E-state index contributed by atoms with van der Waals surface area (Å²) >= 11 is 0. The van der Waals surface area contributed by atoms with Crippen LogP contribution in [0, 0.1) is 13.8 Å². The van der Waals surface area contributed by atoms with Crippen LogP contribution in [0.3, 0.4) is 0 Å². The number of rotatable bonds is 10. The second-order valence-electron chi connectivity index (χ2n) is 8.03. The number of amides is 1. The normalized spacial score (nSPS) is 11.0. The van der Waals surface area contributed by atoms with E-state index in [1.165, 1.54) is 11.3 Å². The number of likely N-dealkylation sites (N-methyl/N-ethyl adjacent to an activating group) is 1. The molecule has 6 heteroatoms. The number of carbonyl (C=O) groups excluding carboxylic acids is 1. The van der Waals surface area contributed by atoms with Crippen LogP contribution in [-0.4, -0.2) is 54.3 Å². The summed E-state index contributed by atoms with van der Waals surface area (Å²) in [5, 5.41) is 7.74. The molecule has 31 heavy (non-hydrogen) atoms. The van der Waals surface area contributed by atoms with Gasteiger partial charge in [0.1, 0.15) is 0 Å². The molecular weight excluding hydrogens is 386 g/mol. The fourth-order valence-electron chi connectivity index (χ4n) is 3.71. The number of nitrogens with one attached hydrogen (secondary N) is 1. The van der Waals surface area contributed by atoms with E-state index in [-0.39, 0.29) is 5.91 Å². The highest BCUT2D eigenvalue weighted by Crippen LogP contribution is 2.19. The summed E-state index contributed by atoms with van der Waals surface area (Å²) < 4.78 is 1.97. The lowest BCUT2D eigenvalue weighted by molar-refractivity contribution is -0.122. The molecule has 0 bridgehead atoms. The number of nitrogens with zero attached hydrogens (tertiary/aromatic N) is 4. The smallest absolute Gasteiger partial charge is 0.234 e. The summed E-state index contributed by atoms with van der Waals surface area (Å²) in [6.07, 6.45) is 0.906. The highest BCUT2D eigenvalue weighted by atomic mass is 16.2. The number of aromatic nitrogens is 2. The second kappa shape index (κ2) is 10.8. The predicted octanol–water partition coefficient (Wildman–Crippen LogP) is 3.56. The van der Waals surface area contributed by atoms with E-state index in [4.69, 9.17) is 5.10 Å². The van der Waals surface area contributed by atoms with E-state index in [1.807, 2.05) is 60.0 Å². The fourth-order valence-corrected chi connectivity index (χ4v) is 3.71. The molecule has 0 spiro atoms. The summed E-state index contributed by atoms with van der Waals surface area (Å²) in [7, 11) is 4.05. The number of carbonyl (C=O) groups is 1. The van der Waals surface area contributed by atoms with Crippen molar-refractivity contribution >= 4 is 11.6 Å². The van der Waals surface area contributed by atoms with Gasteiger partial charge in [-0.05, 0) is 51.6 Å². The molecule has 0 saturated carbocycles. The maximum absolute atomic E-state index is 12.4. The minimum atomic E-state index is 0.0515. The molecule has 1 aromatic heterocycles. The van der Waals surface area contributed by atoms with E-state index in [9.17, 15) is 4.79 Å². The van der Waals surface area contributed by atoms with Gasteiger partial charge in [-0.3, -0.25) is 9.69 Å². The average Bonchev–Trinajstić information content (AvgIpc) is 3.06. The maximum Gasteiger partial charge on any atom is 0.234 e. The molecule has 0 fully saturated rings. The first kappa shape index (κ1) is 22.6. The van der Waals surface area contributed by atoms with Crippen molar-refractivity contribution in [3.05, 3.63) is 77.6 Å². The van der Waals surface area contributed by atoms with E-state index < -0.39 is 0 Å². The van der Waals surface area contributed by atoms with Crippen molar-refractivity contribution in [2.45, 2.75) is 26.8 Å². The SMILES string of the molecule is Cc1nn(-c2ccccc2)c(C)c1CN(C)CC(=O)NCCCN(C)c1ccccc1. The molecule has 0 unspecified atom stereocenters. The number of benzene rings is 2. The zero-order chi connectivity index (χ0) is 22.2. The summed E-state index contributed by atoms with van der Waals surface area (Å²) in [4.78, 5) is 16.6. The molecule has 0 aliphatic carbocycles. The lowest BCUT2D eigenvalue weighted by atomic mass is 10.2. The van der Waals surface area contributed by atoms with Crippen molar-refractivity contribution in [3.63, 3.8) is 0 Å². The van der Waals surface area contributed by atoms with E-state index in [0.717, 1.165) is 30.0 Å². The minimum Gasteiger partial charge on any atom is -0.375 e. The van der Waals surface area contributed by atoms with Gasteiger partial charge in [-0.2, -0.15) is 5.10 Å². The fraction of sp³-hybridized carbons (Fsp3) is 0.360. The minimum absolute atomic E-state index is 0.0515. The summed E-state index contributed by atoms with van der Waals surface area (Å²) in [6.45, 7) is 6.74. The van der Waals surface area contributed by atoms with Crippen LogP contribution >= 0.6 is 0 Å². The molecule has 0 radical (unpaired) electrons. The number of hydrogen-bond donors (Lipinski definition) is 1. The first-order valence-corrected chi connectivity index (χ1v) is 10.8. The molecule has 1 amide bonds. The standard InChI is InChI=1S/C25H33N5O/c1-20-24(21(2)30(27-20)23-14-9-6-10-15-23)18-28(3)19-25(31)26-16-11-17-29(4)22-12-7-5-8-13-22/h5-10,12-15H,11,16-19H2,1-4H3,(H,26,31). The molecule has 0 atom stereocenters. The topological polar surface area (TPSA) is 53.4 Å². The third kappa shape index (κ3) is 6.18. The Balaban J connectivity index is 1.45. The Bertz CT molecular complexity index is 968.